The summed E-state index contributed by atoms with van der Waals surface area (Å²) in [5, 5.41) is 31.1. The van der Waals surface area contributed by atoms with E-state index in [4.69, 9.17) is 16.2 Å². The molecule has 0 saturated carbocycles. The lowest BCUT2D eigenvalue weighted by molar-refractivity contribution is -0.136. The van der Waals surface area contributed by atoms with Crippen molar-refractivity contribution in [2.24, 2.45) is 5.73 Å². The number of amidine groups is 1. The zero-order chi connectivity index (χ0) is 25.5. The molecule has 35 heavy (non-hydrogen) atoms. The molecule has 0 radical (unpaired) electrons. The van der Waals surface area contributed by atoms with E-state index in [9.17, 15) is 24.3 Å². The van der Waals surface area contributed by atoms with Gasteiger partial charge in [0.05, 0.1) is 12.0 Å². The zero-order valence-corrected chi connectivity index (χ0v) is 18.4. The van der Waals surface area contributed by atoms with Crippen molar-refractivity contribution in [2.75, 3.05) is 11.9 Å². The topological polar surface area (TPSA) is 183 Å². The van der Waals surface area contributed by atoms with E-state index in [2.05, 4.69) is 10.6 Å². The van der Waals surface area contributed by atoms with E-state index in [0.29, 0.717) is 16.8 Å². The Balaban J connectivity index is 1.91. The number of carbonyl (C=O) groups excluding carboxylic acids is 2. The van der Waals surface area contributed by atoms with Gasteiger partial charge in [0.1, 0.15) is 5.84 Å². The number of hydrogen-bond acceptors (Lipinski definition) is 5. The molecule has 0 aliphatic heterocycles. The third kappa shape index (κ3) is 6.08. The Labute approximate surface area is 199 Å². The maximum absolute atomic E-state index is 13.0. The summed E-state index contributed by atoms with van der Waals surface area (Å²) in [6.07, 6.45) is -0.268. The maximum atomic E-state index is 13.0. The molecule has 3 aromatic carbocycles. The molecule has 3 rings (SSSR count). The van der Waals surface area contributed by atoms with Gasteiger partial charge in [-0.15, -0.1) is 0 Å². The molecule has 0 atom stereocenters. The summed E-state index contributed by atoms with van der Waals surface area (Å²) in [5.74, 6) is -3.57. The number of anilines is 1. The van der Waals surface area contributed by atoms with E-state index in [-0.39, 0.29) is 41.1 Å². The standard InChI is InChI=1S/C25H22N4O6/c26-22(27)14-5-8-16(9-6-14)29-24(33)19-4-2-1-3-17(19)18-10-7-15(13-20(18)25(34)35)23(32)28-12-11-21(30)31/h1-10,13H,11-12H2,(H3,26,27)(H,28,32)(H,29,33)(H,30,31)(H,34,35). The fourth-order valence-corrected chi connectivity index (χ4v) is 3.33. The van der Waals surface area contributed by atoms with E-state index < -0.39 is 23.8 Å². The van der Waals surface area contributed by atoms with Gasteiger partial charge in [0.25, 0.3) is 11.8 Å². The summed E-state index contributed by atoms with van der Waals surface area (Å²) >= 11 is 0. The first-order valence-electron chi connectivity index (χ1n) is 10.4. The van der Waals surface area contributed by atoms with Gasteiger partial charge in [-0.25, -0.2) is 4.79 Å². The number of aromatic carboxylic acids is 1. The van der Waals surface area contributed by atoms with Gasteiger partial charge in [0.2, 0.25) is 0 Å². The Kier molecular flexibility index (Phi) is 7.57. The van der Waals surface area contributed by atoms with Crippen LogP contribution in [0, 0.1) is 5.41 Å². The largest absolute Gasteiger partial charge is 0.481 e. The van der Waals surface area contributed by atoms with Crippen molar-refractivity contribution < 1.29 is 29.4 Å². The molecular formula is C25H22N4O6. The Bertz CT molecular complexity index is 1320. The summed E-state index contributed by atoms with van der Waals surface area (Å²) in [4.78, 5) is 48.0. The molecule has 0 heterocycles. The average molecular weight is 474 g/mol. The highest BCUT2D eigenvalue weighted by Crippen LogP contribution is 2.29. The molecular weight excluding hydrogens is 452 g/mol. The highest BCUT2D eigenvalue weighted by Gasteiger charge is 2.20. The number of benzene rings is 3. The van der Waals surface area contributed by atoms with Crippen LogP contribution in [0.1, 0.15) is 43.1 Å². The molecule has 0 saturated heterocycles. The van der Waals surface area contributed by atoms with Gasteiger partial charge in [-0.2, -0.15) is 0 Å². The van der Waals surface area contributed by atoms with Crippen LogP contribution >= 0.6 is 0 Å². The lowest BCUT2D eigenvalue weighted by Gasteiger charge is -2.14. The number of carboxylic acid groups (broad SMARTS) is 2. The predicted molar refractivity (Wildman–Crippen MR) is 129 cm³/mol. The predicted octanol–water partition coefficient (Wildman–Crippen LogP) is 2.79. The second-order valence-corrected chi connectivity index (χ2v) is 7.46. The summed E-state index contributed by atoms with van der Waals surface area (Å²) in [6.45, 7) is -0.102. The quantitative estimate of drug-likeness (QED) is 0.203. The van der Waals surface area contributed by atoms with Crippen LogP contribution in [0.5, 0.6) is 0 Å². The van der Waals surface area contributed by atoms with Crippen LogP contribution in [0.3, 0.4) is 0 Å². The lowest BCUT2D eigenvalue weighted by atomic mass is 9.93. The minimum absolute atomic E-state index is 0.0454. The van der Waals surface area contributed by atoms with Crippen LogP contribution < -0.4 is 16.4 Å². The van der Waals surface area contributed by atoms with Crippen LogP contribution in [-0.4, -0.2) is 46.3 Å². The third-order valence-electron chi connectivity index (χ3n) is 5.05. The summed E-state index contributed by atoms with van der Waals surface area (Å²) < 4.78 is 0. The Morgan fingerprint density at radius 2 is 1.43 bits per heavy atom. The molecule has 7 N–H and O–H groups in total. The molecule has 0 unspecified atom stereocenters. The molecule has 0 fully saturated rings. The molecule has 2 amide bonds. The van der Waals surface area contributed by atoms with E-state index in [1.54, 1.807) is 48.5 Å². The fourth-order valence-electron chi connectivity index (χ4n) is 3.33. The SMILES string of the molecule is N=C(N)c1ccc(NC(=O)c2ccccc2-c2ccc(C(=O)NCCC(=O)O)cc2C(=O)O)cc1. The fraction of sp³-hybridized carbons (Fsp3) is 0.0800. The summed E-state index contributed by atoms with van der Waals surface area (Å²) in [6, 6.07) is 16.8. The molecule has 0 bridgehead atoms. The van der Waals surface area contributed by atoms with Crippen LogP contribution in [0.4, 0.5) is 5.69 Å². The van der Waals surface area contributed by atoms with Crippen molar-refractivity contribution in [3.8, 4) is 11.1 Å². The highest BCUT2D eigenvalue weighted by atomic mass is 16.4. The molecule has 0 aliphatic carbocycles. The molecule has 178 valence electrons. The van der Waals surface area contributed by atoms with Crippen molar-refractivity contribution >= 4 is 35.3 Å². The number of carboxylic acids is 2. The number of amides is 2. The monoisotopic (exact) mass is 474 g/mol. The van der Waals surface area contributed by atoms with Crippen molar-refractivity contribution in [1.82, 2.24) is 5.32 Å². The van der Waals surface area contributed by atoms with Crippen molar-refractivity contribution in [2.45, 2.75) is 6.42 Å². The first kappa shape index (κ1) is 24.6. The lowest BCUT2D eigenvalue weighted by Crippen LogP contribution is -2.26. The third-order valence-corrected chi connectivity index (χ3v) is 5.05. The summed E-state index contributed by atoms with van der Waals surface area (Å²) in [5.41, 5.74) is 7.05. The first-order valence-corrected chi connectivity index (χ1v) is 10.4. The Hall–Kier alpha value is -4.99. The van der Waals surface area contributed by atoms with E-state index in [0.717, 1.165) is 0 Å². The van der Waals surface area contributed by atoms with Crippen molar-refractivity contribution in [3.05, 3.63) is 89.0 Å². The molecule has 0 aliphatic rings. The van der Waals surface area contributed by atoms with Gasteiger partial charge in [-0.3, -0.25) is 19.8 Å². The van der Waals surface area contributed by atoms with Gasteiger partial charge in [0.15, 0.2) is 0 Å². The van der Waals surface area contributed by atoms with Crippen LogP contribution in [-0.2, 0) is 4.79 Å². The van der Waals surface area contributed by atoms with Crippen LogP contribution in [0.25, 0.3) is 11.1 Å². The van der Waals surface area contributed by atoms with Gasteiger partial charge in [-0.1, -0.05) is 24.3 Å². The van der Waals surface area contributed by atoms with E-state index >= 15 is 0 Å². The number of nitrogens with two attached hydrogens (primary N) is 1. The second-order valence-electron chi connectivity index (χ2n) is 7.46. The van der Waals surface area contributed by atoms with E-state index in [1.807, 2.05) is 0 Å². The molecule has 3 aromatic rings. The number of rotatable bonds is 9. The molecule has 10 heteroatoms. The number of aliphatic carboxylic acids is 1. The molecule has 10 nitrogen and oxygen atoms in total. The maximum Gasteiger partial charge on any atom is 0.336 e. The van der Waals surface area contributed by atoms with Crippen molar-refractivity contribution in [3.63, 3.8) is 0 Å². The number of carbonyl (C=O) groups is 4. The average Bonchev–Trinajstić information content (AvgIpc) is 2.83. The van der Waals surface area contributed by atoms with E-state index in [1.165, 1.54) is 18.2 Å². The second kappa shape index (κ2) is 10.8. The Morgan fingerprint density at radius 1 is 0.800 bits per heavy atom. The normalized spacial score (nSPS) is 10.3. The van der Waals surface area contributed by atoms with Gasteiger partial charge < -0.3 is 26.6 Å². The van der Waals surface area contributed by atoms with Gasteiger partial charge >= 0.3 is 11.9 Å². The number of hydrogen-bond donors (Lipinski definition) is 6. The smallest absolute Gasteiger partial charge is 0.336 e. The molecule has 0 spiro atoms. The molecule has 0 aromatic heterocycles. The van der Waals surface area contributed by atoms with Crippen LogP contribution in [0.2, 0.25) is 0 Å². The number of nitrogens with one attached hydrogen (secondary N) is 3. The highest BCUT2D eigenvalue weighted by molar-refractivity contribution is 6.11. The Morgan fingerprint density at radius 3 is 2.06 bits per heavy atom. The minimum atomic E-state index is -1.30. The first-order chi connectivity index (χ1) is 16.7. The number of nitrogen functional groups attached to an aromatic ring is 1. The van der Waals surface area contributed by atoms with Crippen LogP contribution in [0.15, 0.2) is 66.7 Å². The van der Waals surface area contributed by atoms with Gasteiger partial charge in [0, 0.05) is 28.9 Å². The minimum Gasteiger partial charge on any atom is -0.481 e. The zero-order valence-electron chi connectivity index (χ0n) is 18.4. The van der Waals surface area contributed by atoms with Gasteiger partial charge in [-0.05, 0) is 53.6 Å². The summed E-state index contributed by atoms with van der Waals surface area (Å²) in [7, 11) is 0. The van der Waals surface area contributed by atoms with Crippen molar-refractivity contribution in [1.29, 1.82) is 5.41 Å².